The van der Waals surface area contributed by atoms with E-state index in [-0.39, 0.29) is 0 Å². The molecule has 84 valence electrons. The molecule has 17 heavy (non-hydrogen) atoms. The molecule has 2 N–H and O–H groups in total. The van der Waals surface area contributed by atoms with E-state index in [0.29, 0.717) is 0 Å². The molecule has 0 saturated carbocycles. The van der Waals surface area contributed by atoms with Crippen LogP contribution in [0.2, 0.25) is 0 Å². The molecule has 0 spiro atoms. The van der Waals surface area contributed by atoms with Gasteiger partial charge in [0.25, 0.3) is 0 Å². The van der Waals surface area contributed by atoms with Crippen molar-refractivity contribution in [2.45, 2.75) is 13.3 Å². The fourth-order valence-corrected chi connectivity index (χ4v) is 2.68. The van der Waals surface area contributed by atoms with Gasteiger partial charge in [0.15, 0.2) is 0 Å². The van der Waals surface area contributed by atoms with E-state index < -0.39 is 0 Å². The van der Waals surface area contributed by atoms with Gasteiger partial charge in [0.1, 0.15) is 0 Å². The minimum absolute atomic E-state index is 0.870. The van der Waals surface area contributed by atoms with Crippen LogP contribution in [0.1, 0.15) is 23.6 Å². The Morgan fingerprint density at radius 2 is 1.94 bits per heavy atom. The highest BCUT2D eigenvalue weighted by Gasteiger charge is 2.22. The number of hydrogen-bond acceptors (Lipinski definition) is 1. The van der Waals surface area contributed by atoms with Gasteiger partial charge < -0.3 is 5.73 Å². The van der Waals surface area contributed by atoms with Gasteiger partial charge in [-0.25, -0.2) is 0 Å². The Balaban J connectivity index is 2.33. The molecule has 0 fully saturated rings. The average molecular weight is 221 g/mol. The summed E-state index contributed by atoms with van der Waals surface area (Å²) in [6, 6.07) is 12.6. The van der Waals surface area contributed by atoms with Gasteiger partial charge in [-0.15, -0.1) is 0 Å². The number of nitrogen functional groups attached to an aromatic ring is 1. The predicted molar refractivity (Wildman–Crippen MR) is 73.8 cm³/mol. The van der Waals surface area contributed by atoms with Crippen LogP contribution in [0.5, 0.6) is 0 Å². The van der Waals surface area contributed by atoms with E-state index in [2.05, 4.69) is 43.8 Å². The smallest absolute Gasteiger partial charge is 0.0397 e. The van der Waals surface area contributed by atoms with Crippen LogP contribution < -0.4 is 5.73 Å². The third-order valence-corrected chi connectivity index (χ3v) is 3.46. The molecule has 0 radical (unpaired) electrons. The van der Waals surface area contributed by atoms with Crippen molar-refractivity contribution in [1.82, 2.24) is 0 Å². The van der Waals surface area contributed by atoms with Gasteiger partial charge in [-0.05, 0) is 41.7 Å². The molecule has 0 unspecified atom stereocenters. The molecule has 0 atom stereocenters. The monoisotopic (exact) mass is 221 g/mol. The van der Waals surface area contributed by atoms with Crippen LogP contribution in [0.15, 0.2) is 43.0 Å². The van der Waals surface area contributed by atoms with Gasteiger partial charge in [-0.3, -0.25) is 0 Å². The summed E-state index contributed by atoms with van der Waals surface area (Å²) >= 11 is 0. The third kappa shape index (κ3) is 1.39. The summed E-state index contributed by atoms with van der Waals surface area (Å²) in [4.78, 5) is 0. The van der Waals surface area contributed by atoms with Gasteiger partial charge in [0, 0.05) is 11.3 Å². The Morgan fingerprint density at radius 3 is 2.71 bits per heavy atom. The SMILES string of the molecule is C=C(C)c1ccc(N)c2c1Cc1ccccc1-2. The summed E-state index contributed by atoms with van der Waals surface area (Å²) in [7, 11) is 0. The minimum atomic E-state index is 0.870. The first-order valence-electron chi connectivity index (χ1n) is 5.84. The maximum atomic E-state index is 6.13. The van der Waals surface area contributed by atoms with Crippen LogP contribution in [0, 0.1) is 0 Å². The highest BCUT2D eigenvalue weighted by atomic mass is 14.6. The lowest BCUT2D eigenvalue weighted by Gasteiger charge is -2.10. The average Bonchev–Trinajstić information content (AvgIpc) is 2.68. The van der Waals surface area contributed by atoms with E-state index in [1.165, 1.54) is 27.8 Å². The summed E-state index contributed by atoms with van der Waals surface area (Å²) in [5, 5.41) is 0. The molecule has 0 bridgehead atoms. The molecule has 3 rings (SSSR count). The quantitative estimate of drug-likeness (QED) is 0.620. The van der Waals surface area contributed by atoms with Gasteiger partial charge in [0.05, 0.1) is 0 Å². The van der Waals surface area contributed by atoms with E-state index in [0.717, 1.165) is 17.7 Å². The lowest BCUT2D eigenvalue weighted by molar-refractivity contribution is 1.25. The second-order valence-corrected chi connectivity index (χ2v) is 4.67. The topological polar surface area (TPSA) is 26.0 Å². The normalized spacial score (nSPS) is 12.1. The number of benzene rings is 2. The van der Waals surface area contributed by atoms with Crippen molar-refractivity contribution in [2.75, 3.05) is 5.73 Å². The van der Waals surface area contributed by atoms with E-state index in [9.17, 15) is 0 Å². The van der Waals surface area contributed by atoms with Crippen LogP contribution >= 0.6 is 0 Å². The minimum Gasteiger partial charge on any atom is -0.398 e. The first kappa shape index (κ1) is 10.2. The summed E-state index contributed by atoms with van der Waals surface area (Å²) in [6.07, 6.45) is 0.971. The Labute approximate surface area is 102 Å². The Morgan fingerprint density at radius 1 is 1.18 bits per heavy atom. The first-order chi connectivity index (χ1) is 8.18. The lowest BCUT2D eigenvalue weighted by Crippen LogP contribution is -1.94. The molecule has 1 aliphatic carbocycles. The highest BCUT2D eigenvalue weighted by molar-refractivity contribution is 5.89. The lowest BCUT2D eigenvalue weighted by atomic mass is 9.96. The molecule has 0 heterocycles. The second kappa shape index (κ2) is 3.49. The van der Waals surface area contributed by atoms with Gasteiger partial charge >= 0.3 is 0 Å². The van der Waals surface area contributed by atoms with Crippen molar-refractivity contribution in [3.8, 4) is 11.1 Å². The Hall–Kier alpha value is -2.02. The van der Waals surface area contributed by atoms with E-state index in [1.807, 2.05) is 6.07 Å². The number of hydrogen-bond donors (Lipinski definition) is 1. The molecule has 2 aromatic rings. The second-order valence-electron chi connectivity index (χ2n) is 4.67. The molecular weight excluding hydrogens is 206 g/mol. The van der Waals surface area contributed by atoms with E-state index in [4.69, 9.17) is 5.73 Å². The van der Waals surface area contributed by atoms with Crippen LogP contribution in [0.3, 0.4) is 0 Å². The Bertz CT molecular complexity index is 623. The highest BCUT2D eigenvalue weighted by Crippen LogP contribution is 2.43. The zero-order chi connectivity index (χ0) is 12.0. The largest absolute Gasteiger partial charge is 0.398 e. The maximum Gasteiger partial charge on any atom is 0.0397 e. The van der Waals surface area contributed by atoms with Crippen molar-refractivity contribution >= 4 is 11.3 Å². The van der Waals surface area contributed by atoms with Crippen molar-refractivity contribution < 1.29 is 0 Å². The first-order valence-corrected chi connectivity index (χ1v) is 5.84. The number of allylic oxidation sites excluding steroid dienone is 1. The summed E-state index contributed by atoms with van der Waals surface area (Å²) in [5.41, 5.74) is 14.5. The Kier molecular flexibility index (Phi) is 2.08. The van der Waals surface area contributed by atoms with Gasteiger partial charge in [-0.1, -0.05) is 42.5 Å². The standard InChI is InChI=1S/C16H15N/c1-10(2)12-7-8-15(17)16-13-6-4-3-5-11(13)9-14(12)16/h3-8H,1,9,17H2,2H3. The number of rotatable bonds is 1. The summed E-state index contributed by atoms with van der Waals surface area (Å²) in [5.74, 6) is 0. The zero-order valence-electron chi connectivity index (χ0n) is 9.96. The number of fused-ring (bicyclic) bond motifs is 3. The number of nitrogens with two attached hydrogens (primary N) is 1. The molecule has 1 heteroatoms. The summed E-state index contributed by atoms with van der Waals surface area (Å²) in [6.45, 7) is 6.10. The van der Waals surface area contributed by atoms with Crippen LogP contribution in [0.25, 0.3) is 16.7 Å². The van der Waals surface area contributed by atoms with Gasteiger partial charge in [-0.2, -0.15) is 0 Å². The number of anilines is 1. The van der Waals surface area contributed by atoms with Crippen LogP contribution in [0.4, 0.5) is 5.69 Å². The predicted octanol–water partition coefficient (Wildman–Crippen LogP) is 3.87. The van der Waals surface area contributed by atoms with Crippen molar-refractivity contribution in [2.24, 2.45) is 0 Å². The zero-order valence-corrected chi connectivity index (χ0v) is 9.96. The van der Waals surface area contributed by atoms with Crippen molar-refractivity contribution in [3.63, 3.8) is 0 Å². The third-order valence-electron chi connectivity index (χ3n) is 3.46. The van der Waals surface area contributed by atoms with Crippen LogP contribution in [-0.2, 0) is 6.42 Å². The molecule has 0 amide bonds. The fourth-order valence-electron chi connectivity index (χ4n) is 2.68. The molecule has 0 aromatic heterocycles. The van der Waals surface area contributed by atoms with Gasteiger partial charge in [0.2, 0.25) is 0 Å². The molecule has 0 saturated heterocycles. The molecule has 1 aliphatic rings. The van der Waals surface area contributed by atoms with Crippen molar-refractivity contribution in [1.29, 1.82) is 0 Å². The molecular formula is C16H15N. The van der Waals surface area contributed by atoms with Crippen LogP contribution in [-0.4, -0.2) is 0 Å². The van der Waals surface area contributed by atoms with E-state index >= 15 is 0 Å². The fraction of sp³-hybridized carbons (Fsp3) is 0.125. The molecule has 0 aliphatic heterocycles. The van der Waals surface area contributed by atoms with E-state index in [1.54, 1.807) is 0 Å². The van der Waals surface area contributed by atoms with Crippen molar-refractivity contribution in [3.05, 3.63) is 59.7 Å². The molecule has 1 nitrogen and oxygen atoms in total. The summed E-state index contributed by atoms with van der Waals surface area (Å²) < 4.78 is 0. The molecule has 2 aromatic carbocycles. The maximum absolute atomic E-state index is 6.13.